The molecule has 1 aromatic carbocycles. The summed E-state index contributed by atoms with van der Waals surface area (Å²) in [5, 5.41) is 2.64. The van der Waals surface area contributed by atoms with Crippen molar-refractivity contribution >= 4 is 11.8 Å². The fourth-order valence-electron chi connectivity index (χ4n) is 1.47. The maximum absolute atomic E-state index is 10.9. The molecule has 14 heavy (non-hydrogen) atoms. The number of carbonyl (C=O) groups is 1. The molecule has 0 bridgehead atoms. The first-order chi connectivity index (χ1) is 6.79. The summed E-state index contributed by atoms with van der Waals surface area (Å²) >= 11 is 0. The first-order valence-corrected chi connectivity index (χ1v) is 4.46. The summed E-state index contributed by atoms with van der Waals surface area (Å²) < 4.78 is 4.86. The molecule has 0 aromatic heterocycles. The summed E-state index contributed by atoms with van der Waals surface area (Å²) in [5.74, 6) is 0. The fourth-order valence-corrected chi connectivity index (χ4v) is 1.47. The van der Waals surface area contributed by atoms with Crippen molar-refractivity contribution in [1.82, 2.24) is 0 Å². The van der Waals surface area contributed by atoms with E-state index in [-0.39, 0.29) is 6.09 Å². The van der Waals surface area contributed by atoms with Crippen molar-refractivity contribution in [1.29, 1.82) is 0 Å². The predicted molar refractivity (Wildman–Crippen MR) is 54.2 cm³/mol. The van der Waals surface area contributed by atoms with Crippen LogP contribution in [0.15, 0.2) is 30.9 Å². The van der Waals surface area contributed by atoms with Crippen molar-refractivity contribution in [2.24, 2.45) is 0 Å². The fraction of sp³-hybridized carbons (Fsp3) is 0.182. The lowest BCUT2D eigenvalue weighted by atomic mass is 10.1. The third-order valence-electron chi connectivity index (χ3n) is 2.15. The number of allylic oxidation sites excluding steroid dienone is 1. The van der Waals surface area contributed by atoms with Crippen molar-refractivity contribution in [3.05, 3.63) is 42.0 Å². The van der Waals surface area contributed by atoms with E-state index in [1.54, 1.807) is 0 Å². The van der Waals surface area contributed by atoms with Crippen LogP contribution in [0, 0.1) is 0 Å². The molecule has 0 fully saturated rings. The molecular weight excluding hydrogens is 178 g/mol. The van der Waals surface area contributed by atoms with Gasteiger partial charge in [0.1, 0.15) is 6.61 Å². The van der Waals surface area contributed by atoms with Gasteiger partial charge in [-0.2, -0.15) is 0 Å². The van der Waals surface area contributed by atoms with E-state index in [0.29, 0.717) is 6.61 Å². The molecule has 1 aromatic rings. The Bertz CT molecular complexity index is 385. The molecule has 1 aliphatic heterocycles. The molecule has 0 aliphatic carbocycles. The highest BCUT2D eigenvalue weighted by molar-refractivity contribution is 5.87. The Morgan fingerprint density at radius 3 is 3.21 bits per heavy atom. The third-order valence-corrected chi connectivity index (χ3v) is 2.15. The van der Waals surface area contributed by atoms with E-state index in [4.69, 9.17) is 4.74 Å². The summed E-state index contributed by atoms with van der Waals surface area (Å²) in [6.07, 6.45) is 2.31. The largest absolute Gasteiger partial charge is 0.444 e. The summed E-state index contributed by atoms with van der Waals surface area (Å²) in [7, 11) is 0. The number of anilines is 1. The number of hydrogen-bond acceptors (Lipinski definition) is 2. The maximum Gasteiger partial charge on any atom is 0.411 e. The predicted octanol–water partition coefficient (Wildman–Crippen LogP) is 2.48. The van der Waals surface area contributed by atoms with Crippen LogP contribution in [0.2, 0.25) is 0 Å². The van der Waals surface area contributed by atoms with Gasteiger partial charge in [-0.05, 0) is 24.1 Å². The first-order valence-electron chi connectivity index (χ1n) is 4.46. The normalized spacial score (nSPS) is 13.9. The van der Waals surface area contributed by atoms with Gasteiger partial charge < -0.3 is 4.74 Å². The Labute approximate surface area is 82.4 Å². The smallest absolute Gasteiger partial charge is 0.411 e. The molecule has 3 heteroatoms. The zero-order valence-electron chi connectivity index (χ0n) is 7.75. The van der Waals surface area contributed by atoms with Crippen LogP contribution in [0.5, 0.6) is 0 Å². The number of benzene rings is 1. The molecule has 0 saturated heterocycles. The molecular formula is C11H11NO2. The zero-order chi connectivity index (χ0) is 9.97. The lowest BCUT2D eigenvalue weighted by Crippen LogP contribution is -2.20. The maximum atomic E-state index is 10.9. The van der Waals surface area contributed by atoms with Crippen molar-refractivity contribution in [3.8, 4) is 0 Å². The molecule has 72 valence electrons. The number of amides is 1. The second-order valence-electron chi connectivity index (χ2n) is 3.19. The average molecular weight is 189 g/mol. The average Bonchev–Trinajstić information content (AvgIpc) is 2.19. The minimum Gasteiger partial charge on any atom is -0.444 e. The Balaban J connectivity index is 2.31. The van der Waals surface area contributed by atoms with Gasteiger partial charge in [-0.15, -0.1) is 6.58 Å². The second-order valence-corrected chi connectivity index (χ2v) is 3.19. The van der Waals surface area contributed by atoms with Gasteiger partial charge in [0.2, 0.25) is 0 Å². The van der Waals surface area contributed by atoms with Gasteiger partial charge in [-0.25, -0.2) is 4.79 Å². The van der Waals surface area contributed by atoms with E-state index in [2.05, 4.69) is 11.9 Å². The number of nitrogens with one attached hydrogen (secondary N) is 1. The zero-order valence-corrected chi connectivity index (χ0v) is 7.75. The molecule has 1 N–H and O–H groups in total. The van der Waals surface area contributed by atoms with Crippen LogP contribution < -0.4 is 5.32 Å². The van der Waals surface area contributed by atoms with Crippen molar-refractivity contribution < 1.29 is 9.53 Å². The van der Waals surface area contributed by atoms with E-state index < -0.39 is 0 Å². The Morgan fingerprint density at radius 1 is 1.57 bits per heavy atom. The second kappa shape index (κ2) is 3.54. The highest BCUT2D eigenvalue weighted by Gasteiger charge is 2.14. The van der Waals surface area contributed by atoms with Gasteiger partial charge in [0.05, 0.1) is 5.69 Å². The lowest BCUT2D eigenvalue weighted by molar-refractivity contribution is 0.151. The van der Waals surface area contributed by atoms with Gasteiger partial charge in [-0.1, -0.05) is 12.1 Å². The number of carbonyl (C=O) groups excluding carboxylic acids is 1. The van der Waals surface area contributed by atoms with Crippen molar-refractivity contribution in [2.45, 2.75) is 13.0 Å². The summed E-state index contributed by atoms with van der Waals surface area (Å²) in [6.45, 7) is 4.03. The third kappa shape index (κ3) is 1.62. The van der Waals surface area contributed by atoms with Crippen LogP contribution in [0.1, 0.15) is 11.1 Å². The number of cyclic esters (lactones) is 1. The number of ether oxygens (including phenoxy) is 1. The van der Waals surface area contributed by atoms with Gasteiger partial charge in [-0.3, -0.25) is 5.32 Å². The molecule has 3 nitrogen and oxygen atoms in total. The highest BCUT2D eigenvalue weighted by atomic mass is 16.5. The van der Waals surface area contributed by atoms with Crippen LogP contribution in [0.4, 0.5) is 10.5 Å². The van der Waals surface area contributed by atoms with Crippen LogP contribution >= 0.6 is 0 Å². The standard InChI is InChI=1S/C11H11NO2/c1-2-3-8-4-5-10-9(6-8)7-14-11(13)12-10/h2,4-6H,1,3,7H2,(H,12,13). The van der Waals surface area contributed by atoms with Gasteiger partial charge in [0, 0.05) is 5.56 Å². The SMILES string of the molecule is C=CCc1ccc2c(c1)COC(=O)N2. The minimum atomic E-state index is -0.381. The van der Waals surface area contributed by atoms with E-state index in [9.17, 15) is 4.79 Å². The molecule has 0 saturated carbocycles. The Kier molecular flexibility index (Phi) is 2.23. The molecule has 1 heterocycles. The summed E-state index contributed by atoms with van der Waals surface area (Å²) in [4.78, 5) is 10.9. The summed E-state index contributed by atoms with van der Waals surface area (Å²) in [6, 6.07) is 5.90. The number of hydrogen-bond donors (Lipinski definition) is 1. The molecule has 0 atom stereocenters. The molecule has 2 rings (SSSR count). The van der Waals surface area contributed by atoms with Crippen LogP contribution in [0.3, 0.4) is 0 Å². The van der Waals surface area contributed by atoms with E-state index in [0.717, 1.165) is 17.7 Å². The molecule has 0 spiro atoms. The van der Waals surface area contributed by atoms with Gasteiger partial charge >= 0.3 is 6.09 Å². The topological polar surface area (TPSA) is 38.3 Å². The Hall–Kier alpha value is -1.77. The lowest BCUT2D eigenvalue weighted by Gasteiger charge is -2.17. The number of rotatable bonds is 2. The summed E-state index contributed by atoms with van der Waals surface area (Å²) in [5.41, 5.74) is 3.04. The Morgan fingerprint density at radius 2 is 2.43 bits per heavy atom. The van der Waals surface area contributed by atoms with Crippen LogP contribution in [-0.2, 0) is 17.8 Å². The molecule has 1 aliphatic rings. The minimum absolute atomic E-state index is 0.353. The van der Waals surface area contributed by atoms with Crippen molar-refractivity contribution in [2.75, 3.05) is 5.32 Å². The molecule has 0 unspecified atom stereocenters. The molecule has 1 amide bonds. The molecule has 0 radical (unpaired) electrons. The van der Waals surface area contributed by atoms with E-state index in [1.807, 2.05) is 24.3 Å². The first kappa shape index (κ1) is 8.81. The number of fused-ring (bicyclic) bond motifs is 1. The van der Waals surface area contributed by atoms with E-state index >= 15 is 0 Å². The monoisotopic (exact) mass is 189 g/mol. The van der Waals surface area contributed by atoms with Crippen molar-refractivity contribution in [3.63, 3.8) is 0 Å². The quantitative estimate of drug-likeness (QED) is 0.726. The van der Waals surface area contributed by atoms with Crippen LogP contribution in [0.25, 0.3) is 0 Å². The van der Waals surface area contributed by atoms with E-state index in [1.165, 1.54) is 5.56 Å². The van der Waals surface area contributed by atoms with Gasteiger partial charge in [0.15, 0.2) is 0 Å². The van der Waals surface area contributed by atoms with Gasteiger partial charge in [0.25, 0.3) is 0 Å². The van der Waals surface area contributed by atoms with Crippen LogP contribution in [-0.4, -0.2) is 6.09 Å². The highest BCUT2D eigenvalue weighted by Crippen LogP contribution is 2.22.